The highest BCUT2D eigenvalue weighted by Crippen LogP contribution is 2.41. The Labute approximate surface area is 87.7 Å². The molecule has 0 radical (unpaired) electrons. The first-order valence-electron chi connectivity index (χ1n) is 4.60. The van der Waals surface area contributed by atoms with E-state index in [1.807, 2.05) is 0 Å². The molecule has 1 aromatic heterocycles. The summed E-state index contributed by atoms with van der Waals surface area (Å²) in [6.45, 7) is 0. The predicted molar refractivity (Wildman–Crippen MR) is 53.5 cm³/mol. The second-order valence-corrected chi connectivity index (χ2v) is 3.95. The second kappa shape index (κ2) is 3.75. The van der Waals surface area contributed by atoms with Crippen LogP contribution in [-0.4, -0.2) is 17.2 Å². The smallest absolute Gasteiger partial charge is 0.232 e. The lowest BCUT2D eigenvalue weighted by molar-refractivity contribution is 0.153. The van der Waals surface area contributed by atoms with Crippen molar-refractivity contribution in [1.29, 1.82) is 0 Å². The third kappa shape index (κ3) is 1.83. The van der Waals surface area contributed by atoms with Gasteiger partial charge in [-0.2, -0.15) is 0 Å². The highest BCUT2D eigenvalue weighted by molar-refractivity contribution is 6.31. The van der Waals surface area contributed by atoms with E-state index >= 15 is 0 Å². The van der Waals surface area contributed by atoms with Gasteiger partial charge in [-0.05, 0) is 24.8 Å². The van der Waals surface area contributed by atoms with Crippen molar-refractivity contribution in [1.82, 2.24) is 4.98 Å². The lowest BCUT2D eigenvalue weighted by Crippen LogP contribution is -2.01. The van der Waals surface area contributed by atoms with E-state index in [1.54, 1.807) is 12.3 Å². The van der Waals surface area contributed by atoms with Crippen LogP contribution < -0.4 is 4.74 Å². The van der Waals surface area contributed by atoms with Gasteiger partial charge in [-0.15, -0.1) is 0 Å². The van der Waals surface area contributed by atoms with Crippen molar-refractivity contribution in [3.63, 3.8) is 0 Å². The van der Waals surface area contributed by atoms with Crippen molar-refractivity contribution in [2.45, 2.75) is 18.9 Å². The molecule has 14 heavy (non-hydrogen) atoms. The molecule has 1 fully saturated rings. The van der Waals surface area contributed by atoms with E-state index in [4.69, 9.17) is 16.3 Å². The van der Waals surface area contributed by atoms with Crippen LogP contribution in [0.25, 0.3) is 0 Å². The van der Waals surface area contributed by atoms with Crippen LogP contribution in [0.3, 0.4) is 0 Å². The molecule has 2 rings (SSSR count). The summed E-state index contributed by atoms with van der Waals surface area (Å²) in [6, 6.07) is 1.72. The Hall–Kier alpha value is -0.800. The third-order valence-corrected chi connectivity index (χ3v) is 2.70. The molecular formula is C10H12ClNO2. The van der Waals surface area contributed by atoms with Gasteiger partial charge in [0.25, 0.3) is 0 Å². The quantitative estimate of drug-likeness (QED) is 0.837. The molecular weight excluding hydrogens is 202 g/mol. The Balaban J connectivity index is 2.22. The maximum atomic E-state index is 9.81. The SMILES string of the molecule is COc1ncc(C(O)C2CC2)cc1Cl. The van der Waals surface area contributed by atoms with Crippen LogP contribution >= 0.6 is 11.6 Å². The minimum atomic E-state index is -0.425. The minimum absolute atomic E-state index is 0.390. The standard InChI is InChI=1S/C10H12ClNO2/c1-14-10-8(11)4-7(5-12-10)9(13)6-2-3-6/h4-6,9,13H,2-3H2,1H3. The Morgan fingerprint density at radius 1 is 1.64 bits per heavy atom. The lowest BCUT2D eigenvalue weighted by Gasteiger charge is -2.10. The van der Waals surface area contributed by atoms with Crippen molar-refractivity contribution < 1.29 is 9.84 Å². The lowest BCUT2D eigenvalue weighted by atomic mass is 10.1. The van der Waals surface area contributed by atoms with Crippen molar-refractivity contribution in [2.24, 2.45) is 5.92 Å². The van der Waals surface area contributed by atoms with Crippen LogP contribution in [0.15, 0.2) is 12.3 Å². The number of nitrogens with zero attached hydrogens (tertiary/aromatic N) is 1. The molecule has 0 bridgehead atoms. The maximum absolute atomic E-state index is 9.81. The number of aromatic nitrogens is 1. The topological polar surface area (TPSA) is 42.4 Å². The molecule has 1 saturated carbocycles. The summed E-state index contributed by atoms with van der Waals surface area (Å²) in [5.74, 6) is 0.791. The van der Waals surface area contributed by atoms with Gasteiger partial charge in [0.15, 0.2) is 0 Å². The highest BCUT2D eigenvalue weighted by atomic mass is 35.5. The van der Waals surface area contributed by atoms with Gasteiger partial charge in [0.2, 0.25) is 5.88 Å². The molecule has 0 aliphatic heterocycles. The van der Waals surface area contributed by atoms with Crippen molar-refractivity contribution in [3.05, 3.63) is 22.8 Å². The van der Waals surface area contributed by atoms with Crippen molar-refractivity contribution >= 4 is 11.6 Å². The fraction of sp³-hybridized carbons (Fsp3) is 0.500. The summed E-state index contributed by atoms with van der Waals surface area (Å²) < 4.78 is 4.93. The fourth-order valence-corrected chi connectivity index (χ4v) is 1.69. The molecule has 0 saturated heterocycles. The van der Waals surface area contributed by atoms with Crippen LogP contribution in [-0.2, 0) is 0 Å². The summed E-state index contributed by atoms with van der Waals surface area (Å²) in [7, 11) is 1.52. The molecule has 76 valence electrons. The number of halogens is 1. The number of aliphatic hydroxyl groups excluding tert-OH is 1. The van der Waals surface area contributed by atoms with E-state index in [2.05, 4.69) is 4.98 Å². The molecule has 3 nitrogen and oxygen atoms in total. The number of hydrogen-bond donors (Lipinski definition) is 1. The van der Waals surface area contributed by atoms with Crippen LogP contribution in [0, 0.1) is 5.92 Å². The molecule has 1 unspecified atom stereocenters. The first kappa shape index (κ1) is 9.74. The number of ether oxygens (including phenoxy) is 1. The van der Waals surface area contributed by atoms with Crippen molar-refractivity contribution in [2.75, 3.05) is 7.11 Å². The predicted octanol–water partition coefficient (Wildman–Crippen LogP) is 2.19. The zero-order chi connectivity index (χ0) is 10.1. The van der Waals surface area contributed by atoms with Gasteiger partial charge in [0.1, 0.15) is 5.02 Å². The average molecular weight is 214 g/mol. The zero-order valence-electron chi connectivity index (χ0n) is 7.90. The highest BCUT2D eigenvalue weighted by Gasteiger charge is 2.31. The van der Waals surface area contributed by atoms with E-state index in [1.165, 1.54) is 7.11 Å². The van der Waals surface area contributed by atoms with Gasteiger partial charge < -0.3 is 9.84 Å². The second-order valence-electron chi connectivity index (χ2n) is 3.54. The molecule has 1 heterocycles. The van der Waals surface area contributed by atoms with Gasteiger partial charge in [-0.3, -0.25) is 0 Å². The third-order valence-electron chi connectivity index (χ3n) is 2.43. The average Bonchev–Trinajstić information content (AvgIpc) is 3.00. The van der Waals surface area contributed by atoms with E-state index in [0.29, 0.717) is 16.8 Å². The fourth-order valence-electron chi connectivity index (χ4n) is 1.44. The van der Waals surface area contributed by atoms with E-state index in [0.717, 1.165) is 18.4 Å². The van der Waals surface area contributed by atoms with Crippen LogP contribution in [0.2, 0.25) is 5.02 Å². The van der Waals surface area contributed by atoms with Gasteiger partial charge >= 0.3 is 0 Å². The normalized spacial score (nSPS) is 17.9. The van der Waals surface area contributed by atoms with E-state index < -0.39 is 6.10 Å². The summed E-state index contributed by atoms with van der Waals surface area (Å²) in [5, 5.41) is 10.3. The Morgan fingerprint density at radius 2 is 2.36 bits per heavy atom. The molecule has 4 heteroatoms. The summed E-state index contributed by atoms with van der Waals surface area (Å²) in [5.41, 5.74) is 0.776. The molecule has 0 aromatic carbocycles. The van der Waals surface area contributed by atoms with Crippen molar-refractivity contribution in [3.8, 4) is 5.88 Å². The summed E-state index contributed by atoms with van der Waals surface area (Å²) >= 11 is 5.90. The molecule has 1 aliphatic carbocycles. The number of methoxy groups -OCH3 is 1. The molecule has 0 spiro atoms. The van der Waals surface area contributed by atoms with Gasteiger partial charge in [0, 0.05) is 11.8 Å². The monoisotopic (exact) mass is 213 g/mol. The van der Waals surface area contributed by atoms with Crippen LogP contribution in [0.4, 0.5) is 0 Å². The molecule has 1 aliphatic rings. The Morgan fingerprint density at radius 3 is 2.86 bits per heavy atom. The van der Waals surface area contributed by atoms with E-state index in [-0.39, 0.29) is 0 Å². The Kier molecular flexibility index (Phi) is 2.61. The number of hydrogen-bond acceptors (Lipinski definition) is 3. The van der Waals surface area contributed by atoms with Gasteiger partial charge in [-0.1, -0.05) is 11.6 Å². The van der Waals surface area contributed by atoms with E-state index in [9.17, 15) is 5.11 Å². The summed E-state index contributed by atoms with van der Waals surface area (Å²) in [4.78, 5) is 4.01. The van der Waals surface area contributed by atoms with Gasteiger partial charge in [-0.25, -0.2) is 4.98 Å². The minimum Gasteiger partial charge on any atom is -0.480 e. The first-order chi connectivity index (χ1) is 6.72. The van der Waals surface area contributed by atoms with Crippen LogP contribution in [0.1, 0.15) is 24.5 Å². The molecule has 0 amide bonds. The first-order valence-corrected chi connectivity index (χ1v) is 4.97. The molecule has 1 aromatic rings. The Bertz CT molecular complexity index is 339. The molecule has 1 atom stereocenters. The largest absolute Gasteiger partial charge is 0.480 e. The number of pyridine rings is 1. The maximum Gasteiger partial charge on any atom is 0.232 e. The number of aliphatic hydroxyl groups is 1. The summed E-state index contributed by atoms with van der Waals surface area (Å²) in [6.07, 6.45) is 3.37. The zero-order valence-corrected chi connectivity index (χ0v) is 8.66. The molecule has 1 N–H and O–H groups in total. The van der Waals surface area contributed by atoms with Crippen LogP contribution in [0.5, 0.6) is 5.88 Å². The van der Waals surface area contributed by atoms with Gasteiger partial charge in [0.05, 0.1) is 13.2 Å². The number of rotatable bonds is 3.